The van der Waals surface area contributed by atoms with E-state index in [2.05, 4.69) is 63.9 Å². The predicted octanol–water partition coefficient (Wildman–Crippen LogP) is 1.60. The van der Waals surface area contributed by atoms with E-state index in [4.69, 9.17) is 9.47 Å². The Bertz CT molecular complexity index is 787. The molecule has 3 heterocycles. The summed E-state index contributed by atoms with van der Waals surface area (Å²) in [5, 5.41) is 4.31. The van der Waals surface area contributed by atoms with Crippen LogP contribution in [0.3, 0.4) is 0 Å². The van der Waals surface area contributed by atoms with Gasteiger partial charge in [-0.25, -0.2) is 5.43 Å². The molecule has 9 nitrogen and oxygen atoms in total. The molecule has 0 atom stereocenters. The van der Waals surface area contributed by atoms with E-state index in [-0.39, 0.29) is 0 Å². The van der Waals surface area contributed by atoms with Gasteiger partial charge in [0, 0.05) is 29.7 Å². The second kappa shape index (κ2) is 9.43. The van der Waals surface area contributed by atoms with Crippen molar-refractivity contribution in [3.63, 3.8) is 0 Å². The lowest BCUT2D eigenvalue weighted by atomic mass is 10.2. The minimum atomic E-state index is 0.430. The number of hydrogen-bond acceptors (Lipinski definition) is 9. The molecule has 2 saturated heterocycles. The lowest BCUT2D eigenvalue weighted by Gasteiger charge is -2.30. The van der Waals surface area contributed by atoms with Crippen molar-refractivity contribution in [2.45, 2.75) is 0 Å². The van der Waals surface area contributed by atoms with Crippen LogP contribution in [0.2, 0.25) is 0 Å². The van der Waals surface area contributed by atoms with Gasteiger partial charge in [0.25, 0.3) is 0 Å². The molecule has 0 radical (unpaired) electrons. The first-order chi connectivity index (χ1) is 13.8. The maximum absolute atomic E-state index is 5.44. The Kier molecular flexibility index (Phi) is 6.49. The van der Waals surface area contributed by atoms with E-state index in [9.17, 15) is 0 Å². The minimum absolute atomic E-state index is 0.430. The van der Waals surface area contributed by atoms with Crippen LogP contribution in [0.5, 0.6) is 0 Å². The standard InChI is InChI=1S/C18H22IN7O2/c19-15-3-1-2-14(12-15)13-20-24-16-21-17(25-4-8-27-9-5-25)23-18(22-16)26-6-10-28-11-7-26/h1-3,12-13H,4-11H2,(H,21,22,23,24)/b20-13+. The van der Waals surface area contributed by atoms with Crippen LogP contribution in [0.4, 0.5) is 17.8 Å². The average molecular weight is 495 g/mol. The first-order valence-corrected chi connectivity index (χ1v) is 10.3. The fourth-order valence-electron chi connectivity index (χ4n) is 2.96. The average Bonchev–Trinajstić information content (AvgIpc) is 2.75. The molecule has 1 N–H and O–H groups in total. The Labute approximate surface area is 177 Å². The summed E-state index contributed by atoms with van der Waals surface area (Å²) in [5.41, 5.74) is 3.97. The van der Waals surface area contributed by atoms with E-state index in [0.29, 0.717) is 44.3 Å². The van der Waals surface area contributed by atoms with Crippen LogP contribution < -0.4 is 15.2 Å². The highest BCUT2D eigenvalue weighted by Crippen LogP contribution is 2.18. The van der Waals surface area contributed by atoms with Gasteiger partial charge in [0.1, 0.15) is 0 Å². The SMILES string of the molecule is Ic1cccc(/C=N/Nc2nc(N3CCOCC3)nc(N3CCOCC3)n2)c1. The van der Waals surface area contributed by atoms with Gasteiger partial charge < -0.3 is 19.3 Å². The normalized spacial score (nSPS) is 17.9. The first kappa shape index (κ1) is 19.3. The monoisotopic (exact) mass is 495 g/mol. The van der Waals surface area contributed by atoms with Crippen molar-refractivity contribution in [2.75, 3.05) is 67.8 Å². The molecule has 0 saturated carbocycles. The number of anilines is 3. The van der Waals surface area contributed by atoms with Crippen molar-refractivity contribution in [2.24, 2.45) is 5.10 Å². The first-order valence-electron chi connectivity index (χ1n) is 9.24. The van der Waals surface area contributed by atoms with Gasteiger partial charge in [-0.2, -0.15) is 20.1 Å². The van der Waals surface area contributed by atoms with Gasteiger partial charge in [0.05, 0.1) is 32.6 Å². The third-order valence-corrected chi connectivity index (χ3v) is 5.10. The molecule has 1 aromatic heterocycles. The van der Waals surface area contributed by atoms with Gasteiger partial charge in [-0.3, -0.25) is 0 Å². The lowest BCUT2D eigenvalue weighted by Crippen LogP contribution is -2.40. The number of hydrogen-bond donors (Lipinski definition) is 1. The number of aromatic nitrogens is 3. The Morgan fingerprint density at radius 3 is 2.11 bits per heavy atom. The van der Waals surface area contributed by atoms with Crippen molar-refractivity contribution < 1.29 is 9.47 Å². The number of rotatable bonds is 5. The van der Waals surface area contributed by atoms with Gasteiger partial charge in [-0.15, -0.1) is 0 Å². The van der Waals surface area contributed by atoms with E-state index in [1.165, 1.54) is 0 Å². The Morgan fingerprint density at radius 1 is 0.929 bits per heavy atom. The molecule has 2 aromatic rings. The summed E-state index contributed by atoms with van der Waals surface area (Å²) in [6.45, 7) is 5.74. The van der Waals surface area contributed by atoms with Crippen LogP contribution in [-0.4, -0.2) is 73.8 Å². The number of halogens is 1. The molecule has 0 amide bonds. The molecule has 10 heteroatoms. The lowest BCUT2D eigenvalue weighted by molar-refractivity contribution is 0.121. The van der Waals surface area contributed by atoms with Gasteiger partial charge >= 0.3 is 0 Å². The van der Waals surface area contributed by atoms with E-state index in [1.54, 1.807) is 6.21 Å². The zero-order valence-electron chi connectivity index (χ0n) is 15.4. The number of ether oxygens (including phenoxy) is 2. The largest absolute Gasteiger partial charge is 0.378 e. The highest BCUT2D eigenvalue weighted by atomic mass is 127. The summed E-state index contributed by atoms with van der Waals surface area (Å²) in [6, 6.07) is 8.09. The Balaban J connectivity index is 1.55. The van der Waals surface area contributed by atoms with E-state index in [1.807, 2.05) is 18.2 Å². The van der Waals surface area contributed by atoms with Crippen molar-refractivity contribution in [1.29, 1.82) is 0 Å². The highest BCUT2D eigenvalue weighted by molar-refractivity contribution is 14.1. The number of nitrogens with one attached hydrogen (secondary N) is 1. The smallest absolute Gasteiger partial charge is 0.250 e. The van der Waals surface area contributed by atoms with Crippen LogP contribution in [0.25, 0.3) is 0 Å². The second-order valence-corrected chi connectivity index (χ2v) is 7.63. The molecule has 0 unspecified atom stereocenters. The van der Waals surface area contributed by atoms with E-state index in [0.717, 1.165) is 35.3 Å². The van der Waals surface area contributed by atoms with Crippen molar-refractivity contribution >= 4 is 46.7 Å². The third-order valence-electron chi connectivity index (χ3n) is 4.43. The molecule has 0 spiro atoms. The molecule has 1 aromatic carbocycles. The van der Waals surface area contributed by atoms with Crippen LogP contribution in [-0.2, 0) is 9.47 Å². The molecule has 148 valence electrons. The molecule has 0 aliphatic carbocycles. The molecule has 2 fully saturated rings. The fourth-order valence-corrected chi connectivity index (χ4v) is 3.53. The van der Waals surface area contributed by atoms with Crippen molar-refractivity contribution in [3.8, 4) is 0 Å². The molecule has 28 heavy (non-hydrogen) atoms. The van der Waals surface area contributed by atoms with Crippen LogP contribution in [0.15, 0.2) is 29.4 Å². The van der Waals surface area contributed by atoms with Crippen LogP contribution >= 0.6 is 22.6 Å². The topological polar surface area (TPSA) is 88.0 Å². The maximum atomic E-state index is 5.44. The highest BCUT2D eigenvalue weighted by Gasteiger charge is 2.20. The van der Waals surface area contributed by atoms with Gasteiger partial charge in [-0.05, 0) is 40.3 Å². The number of benzene rings is 1. The Morgan fingerprint density at radius 2 is 1.54 bits per heavy atom. The molecule has 2 aliphatic heterocycles. The quantitative estimate of drug-likeness (QED) is 0.381. The number of hydrazone groups is 1. The Hall–Kier alpha value is -2.05. The van der Waals surface area contributed by atoms with Gasteiger partial charge in [0.2, 0.25) is 17.8 Å². The molecule has 0 bridgehead atoms. The van der Waals surface area contributed by atoms with Crippen LogP contribution in [0.1, 0.15) is 5.56 Å². The zero-order valence-corrected chi connectivity index (χ0v) is 17.6. The fraction of sp³-hybridized carbons (Fsp3) is 0.444. The predicted molar refractivity (Wildman–Crippen MR) is 116 cm³/mol. The molecular weight excluding hydrogens is 473 g/mol. The molecule has 4 rings (SSSR count). The van der Waals surface area contributed by atoms with Crippen molar-refractivity contribution in [1.82, 2.24) is 15.0 Å². The summed E-state index contributed by atoms with van der Waals surface area (Å²) >= 11 is 2.28. The number of morpholine rings is 2. The van der Waals surface area contributed by atoms with Crippen LogP contribution in [0, 0.1) is 3.57 Å². The van der Waals surface area contributed by atoms with Crippen molar-refractivity contribution in [3.05, 3.63) is 33.4 Å². The summed E-state index contributed by atoms with van der Waals surface area (Å²) in [5.74, 6) is 1.72. The zero-order chi connectivity index (χ0) is 19.2. The molecular formula is C18H22IN7O2. The van der Waals surface area contributed by atoms with Gasteiger partial charge in [-0.1, -0.05) is 12.1 Å². The number of nitrogens with zero attached hydrogens (tertiary/aromatic N) is 6. The van der Waals surface area contributed by atoms with E-state index < -0.39 is 0 Å². The summed E-state index contributed by atoms with van der Waals surface area (Å²) in [4.78, 5) is 18.0. The second-order valence-electron chi connectivity index (χ2n) is 6.38. The summed E-state index contributed by atoms with van der Waals surface area (Å²) in [7, 11) is 0. The minimum Gasteiger partial charge on any atom is -0.378 e. The van der Waals surface area contributed by atoms with Gasteiger partial charge in [0.15, 0.2) is 0 Å². The summed E-state index contributed by atoms with van der Waals surface area (Å²) < 4.78 is 12.0. The molecule has 2 aliphatic rings. The third kappa shape index (κ3) is 5.06. The van der Waals surface area contributed by atoms with E-state index >= 15 is 0 Å². The summed E-state index contributed by atoms with van der Waals surface area (Å²) in [6.07, 6.45) is 1.76. The maximum Gasteiger partial charge on any atom is 0.250 e.